The molecule has 22 heavy (non-hydrogen) atoms. The van der Waals surface area contributed by atoms with E-state index in [1.54, 1.807) is 14.2 Å². The van der Waals surface area contributed by atoms with E-state index in [4.69, 9.17) is 9.47 Å². The summed E-state index contributed by atoms with van der Waals surface area (Å²) in [5.74, 6) is 1.21. The van der Waals surface area contributed by atoms with Gasteiger partial charge in [-0.3, -0.25) is 4.99 Å². The Morgan fingerprint density at radius 1 is 1.23 bits per heavy atom. The van der Waals surface area contributed by atoms with Crippen molar-refractivity contribution in [1.29, 1.82) is 0 Å². The van der Waals surface area contributed by atoms with E-state index in [-0.39, 0.29) is 24.0 Å². The second-order valence-electron chi connectivity index (χ2n) is 4.98. The number of ether oxygens (including phenoxy) is 2. The first-order valence-electron chi connectivity index (χ1n) is 7.31. The number of halogens is 1. The van der Waals surface area contributed by atoms with Gasteiger partial charge in [0.1, 0.15) is 0 Å². The summed E-state index contributed by atoms with van der Waals surface area (Å²) in [6.07, 6.45) is 0. The van der Waals surface area contributed by atoms with Gasteiger partial charge in [-0.1, -0.05) is 37.3 Å². The average molecular weight is 421 g/mol. The molecule has 0 radical (unpaired) electrons. The molecule has 1 aromatic carbocycles. The summed E-state index contributed by atoms with van der Waals surface area (Å²) in [6, 6.07) is 10.2. The van der Waals surface area contributed by atoms with Crippen molar-refractivity contribution in [2.75, 3.05) is 40.5 Å². The van der Waals surface area contributed by atoms with Gasteiger partial charge < -0.3 is 20.1 Å². The van der Waals surface area contributed by atoms with Crippen molar-refractivity contribution in [1.82, 2.24) is 10.6 Å². The number of guanidine groups is 1. The highest BCUT2D eigenvalue weighted by atomic mass is 127. The highest BCUT2D eigenvalue weighted by Gasteiger charge is 2.04. The minimum Gasteiger partial charge on any atom is -0.383 e. The molecule has 0 fully saturated rings. The molecule has 6 heteroatoms. The molecule has 0 amide bonds. The fraction of sp³-hybridized carbons (Fsp3) is 0.562. The van der Waals surface area contributed by atoms with Crippen LogP contribution in [0.25, 0.3) is 0 Å². The molecule has 0 aromatic heterocycles. The van der Waals surface area contributed by atoms with E-state index >= 15 is 0 Å². The summed E-state index contributed by atoms with van der Waals surface area (Å²) >= 11 is 0. The zero-order chi connectivity index (χ0) is 15.3. The maximum absolute atomic E-state index is 5.73. The standard InChI is InChI=1S/C16H27N3O2.HI/c1-14(11-19-16(17-2)18-9-10-20-3)12-21-13-15-7-5-4-6-8-15;/h4-8,14H,9-13H2,1-3H3,(H2,17,18,19);1H. The normalized spacial score (nSPS) is 12.4. The fourth-order valence-corrected chi connectivity index (χ4v) is 1.77. The van der Waals surface area contributed by atoms with Crippen molar-refractivity contribution in [2.24, 2.45) is 10.9 Å². The zero-order valence-electron chi connectivity index (χ0n) is 13.7. The lowest BCUT2D eigenvalue weighted by Gasteiger charge is -2.16. The van der Waals surface area contributed by atoms with E-state index in [9.17, 15) is 0 Å². The molecule has 2 N–H and O–H groups in total. The monoisotopic (exact) mass is 421 g/mol. The molecule has 1 aromatic rings. The summed E-state index contributed by atoms with van der Waals surface area (Å²) in [5.41, 5.74) is 1.20. The van der Waals surface area contributed by atoms with Gasteiger partial charge in [0.05, 0.1) is 19.8 Å². The Bertz CT molecular complexity index is 402. The van der Waals surface area contributed by atoms with Gasteiger partial charge >= 0.3 is 0 Å². The van der Waals surface area contributed by atoms with Gasteiger partial charge in [-0.25, -0.2) is 0 Å². The van der Waals surface area contributed by atoms with Gasteiger partial charge in [0.2, 0.25) is 0 Å². The van der Waals surface area contributed by atoms with Crippen LogP contribution in [0, 0.1) is 5.92 Å². The second-order valence-corrected chi connectivity index (χ2v) is 4.98. The Labute approximate surface area is 150 Å². The minimum atomic E-state index is 0. The molecule has 1 unspecified atom stereocenters. The smallest absolute Gasteiger partial charge is 0.191 e. The molecule has 0 heterocycles. The molecule has 0 saturated carbocycles. The third kappa shape index (κ3) is 9.97. The Hall–Kier alpha value is -0.860. The van der Waals surface area contributed by atoms with Crippen LogP contribution in [0.15, 0.2) is 35.3 Å². The number of nitrogens with one attached hydrogen (secondary N) is 2. The molecule has 0 aliphatic rings. The van der Waals surface area contributed by atoms with Gasteiger partial charge in [-0.05, 0) is 11.5 Å². The molecule has 126 valence electrons. The SMILES string of the molecule is CN=C(NCCOC)NCC(C)COCc1ccccc1.I. The van der Waals surface area contributed by atoms with Gasteiger partial charge in [-0.15, -0.1) is 24.0 Å². The predicted molar refractivity (Wildman–Crippen MR) is 102 cm³/mol. The molecule has 0 saturated heterocycles. The molecule has 0 spiro atoms. The molecule has 1 atom stereocenters. The molecule has 0 bridgehead atoms. The van der Waals surface area contributed by atoms with Crippen molar-refractivity contribution in [2.45, 2.75) is 13.5 Å². The summed E-state index contributed by atoms with van der Waals surface area (Å²) < 4.78 is 10.7. The number of rotatable bonds is 9. The Kier molecular flexibility index (Phi) is 13.2. The molecular formula is C16H28IN3O2. The largest absolute Gasteiger partial charge is 0.383 e. The van der Waals surface area contributed by atoms with E-state index in [1.807, 2.05) is 18.2 Å². The quantitative estimate of drug-likeness (QED) is 0.278. The zero-order valence-corrected chi connectivity index (χ0v) is 16.0. The average Bonchev–Trinajstić information content (AvgIpc) is 2.52. The molecular weight excluding hydrogens is 393 g/mol. The van der Waals surface area contributed by atoms with Crippen molar-refractivity contribution < 1.29 is 9.47 Å². The van der Waals surface area contributed by atoms with Crippen LogP contribution < -0.4 is 10.6 Å². The lowest BCUT2D eigenvalue weighted by molar-refractivity contribution is 0.0931. The van der Waals surface area contributed by atoms with E-state index in [1.165, 1.54) is 5.56 Å². The second kappa shape index (κ2) is 13.8. The maximum atomic E-state index is 5.73. The fourth-order valence-electron chi connectivity index (χ4n) is 1.77. The lowest BCUT2D eigenvalue weighted by Crippen LogP contribution is -2.41. The van der Waals surface area contributed by atoms with E-state index in [0.29, 0.717) is 19.1 Å². The summed E-state index contributed by atoms with van der Waals surface area (Å²) in [7, 11) is 3.45. The van der Waals surface area contributed by atoms with Crippen molar-refractivity contribution in [3.05, 3.63) is 35.9 Å². The van der Waals surface area contributed by atoms with E-state index < -0.39 is 0 Å². The number of benzene rings is 1. The molecule has 0 aliphatic heterocycles. The van der Waals surface area contributed by atoms with Crippen molar-refractivity contribution in [3.8, 4) is 0 Å². The van der Waals surface area contributed by atoms with Crippen LogP contribution in [0.5, 0.6) is 0 Å². The predicted octanol–water partition coefficient (Wildman–Crippen LogP) is 2.27. The topological polar surface area (TPSA) is 54.9 Å². The lowest BCUT2D eigenvalue weighted by atomic mass is 10.2. The number of hydrogen-bond acceptors (Lipinski definition) is 3. The van der Waals surface area contributed by atoms with Crippen LogP contribution in [0.1, 0.15) is 12.5 Å². The molecule has 1 rings (SSSR count). The summed E-state index contributed by atoms with van der Waals surface area (Å²) in [4.78, 5) is 4.16. The van der Waals surface area contributed by atoms with Crippen LogP contribution in [-0.2, 0) is 16.1 Å². The Balaban J connectivity index is 0.00000441. The van der Waals surface area contributed by atoms with Crippen LogP contribution >= 0.6 is 24.0 Å². The third-order valence-corrected chi connectivity index (χ3v) is 2.95. The first kappa shape index (κ1) is 21.1. The van der Waals surface area contributed by atoms with Crippen LogP contribution in [-0.4, -0.2) is 46.4 Å². The summed E-state index contributed by atoms with van der Waals surface area (Å²) in [6.45, 7) is 5.76. The van der Waals surface area contributed by atoms with Crippen LogP contribution in [0.3, 0.4) is 0 Å². The highest BCUT2D eigenvalue weighted by molar-refractivity contribution is 14.0. The third-order valence-electron chi connectivity index (χ3n) is 2.95. The summed E-state index contributed by atoms with van der Waals surface area (Å²) in [5, 5.41) is 6.46. The first-order chi connectivity index (χ1) is 10.3. The number of hydrogen-bond donors (Lipinski definition) is 2. The van der Waals surface area contributed by atoms with E-state index in [2.05, 4.69) is 34.7 Å². The Morgan fingerprint density at radius 2 is 1.95 bits per heavy atom. The van der Waals surface area contributed by atoms with Crippen LogP contribution in [0.4, 0.5) is 0 Å². The van der Waals surface area contributed by atoms with Gasteiger partial charge in [0.15, 0.2) is 5.96 Å². The maximum Gasteiger partial charge on any atom is 0.191 e. The number of methoxy groups -OCH3 is 1. The highest BCUT2D eigenvalue weighted by Crippen LogP contribution is 2.02. The molecule has 0 aliphatic carbocycles. The Morgan fingerprint density at radius 3 is 2.59 bits per heavy atom. The van der Waals surface area contributed by atoms with Gasteiger partial charge in [0.25, 0.3) is 0 Å². The van der Waals surface area contributed by atoms with Gasteiger partial charge in [0, 0.05) is 27.2 Å². The van der Waals surface area contributed by atoms with Crippen molar-refractivity contribution in [3.63, 3.8) is 0 Å². The number of nitrogens with zero attached hydrogens (tertiary/aromatic N) is 1. The van der Waals surface area contributed by atoms with E-state index in [0.717, 1.165) is 25.7 Å². The van der Waals surface area contributed by atoms with Crippen LogP contribution in [0.2, 0.25) is 0 Å². The van der Waals surface area contributed by atoms with Crippen molar-refractivity contribution >= 4 is 29.9 Å². The first-order valence-corrected chi connectivity index (χ1v) is 7.31. The van der Waals surface area contributed by atoms with Gasteiger partial charge in [-0.2, -0.15) is 0 Å². The minimum absolute atomic E-state index is 0. The molecule has 5 nitrogen and oxygen atoms in total. The number of aliphatic imine (C=N–C) groups is 1.